The van der Waals surface area contributed by atoms with E-state index in [1.54, 1.807) is 11.9 Å². The molecule has 16 heavy (non-hydrogen) atoms. The maximum absolute atomic E-state index is 11.9. The quantitative estimate of drug-likeness (QED) is 0.721. The molecule has 0 aromatic carbocycles. The molecule has 1 rings (SSSR count). The normalized spacial score (nSPS) is 24.6. The van der Waals surface area contributed by atoms with Crippen LogP contribution in [-0.2, 0) is 9.59 Å². The molecule has 2 unspecified atom stereocenters. The fraction of sp³-hybridized carbons (Fsp3) is 0.818. The van der Waals surface area contributed by atoms with E-state index < -0.39 is 0 Å². The molecule has 1 saturated heterocycles. The standard InChI is InChI=1S/C11H20N2O3/c1-8-4-5-13(10(8)7-14)11(16)6-12(3)9(2)15/h8,10,14H,4-7H2,1-3H3. The smallest absolute Gasteiger partial charge is 0.242 e. The second-order valence-corrected chi connectivity index (χ2v) is 4.48. The molecule has 5 heteroatoms. The van der Waals surface area contributed by atoms with Crippen molar-refractivity contribution in [1.29, 1.82) is 0 Å². The molecular weight excluding hydrogens is 208 g/mol. The lowest BCUT2D eigenvalue weighted by atomic mass is 10.0. The van der Waals surface area contributed by atoms with E-state index in [9.17, 15) is 14.7 Å². The maximum Gasteiger partial charge on any atom is 0.242 e. The minimum Gasteiger partial charge on any atom is -0.394 e. The molecule has 0 aromatic heterocycles. The second-order valence-electron chi connectivity index (χ2n) is 4.48. The minimum absolute atomic E-state index is 0.00328. The Morgan fingerprint density at radius 3 is 2.62 bits per heavy atom. The minimum atomic E-state index is -0.124. The van der Waals surface area contributed by atoms with E-state index in [1.807, 2.05) is 6.92 Å². The predicted molar refractivity (Wildman–Crippen MR) is 59.7 cm³/mol. The summed E-state index contributed by atoms with van der Waals surface area (Å²) in [6.45, 7) is 4.23. The van der Waals surface area contributed by atoms with Crippen LogP contribution >= 0.6 is 0 Å². The molecule has 92 valence electrons. The highest BCUT2D eigenvalue weighted by atomic mass is 16.3. The Morgan fingerprint density at radius 2 is 2.12 bits per heavy atom. The SMILES string of the molecule is CC(=O)N(C)CC(=O)N1CCC(C)C1CO. The van der Waals surface area contributed by atoms with E-state index in [1.165, 1.54) is 11.8 Å². The molecule has 0 spiro atoms. The Labute approximate surface area is 96.0 Å². The van der Waals surface area contributed by atoms with Crippen LogP contribution in [0.2, 0.25) is 0 Å². The molecule has 1 aliphatic rings. The zero-order chi connectivity index (χ0) is 12.3. The summed E-state index contributed by atoms with van der Waals surface area (Å²) in [6.07, 6.45) is 0.917. The van der Waals surface area contributed by atoms with E-state index in [-0.39, 0.29) is 31.0 Å². The largest absolute Gasteiger partial charge is 0.394 e. The van der Waals surface area contributed by atoms with Crippen molar-refractivity contribution < 1.29 is 14.7 Å². The Morgan fingerprint density at radius 1 is 1.50 bits per heavy atom. The molecule has 1 N–H and O–H groups in total. The van der Waals surface area contributed by atoms with Gasteiger partial charge in [-0.3, -0.25) is 9.59 Å². The molecule has 0 radical (unpaired) electrons. The van der Waals surface area contributed by atoms with E-state index in [4.69, 9.17) is 0 Å². The lowest BCUT2D eigenvalue weighted by molar-refractivity contribution is -0.139. The number of aliphatic hydroxyl groups excluding tert-OH is 1. The lowest BCUT2D eigenvalue weighted by Gasteiger charge is -2.27. The number of hydrogen-bond acceptors (Lipinski definition) is 3. The highest BCUT2D eigenvalue weighted by Gasteiger charge is 2.34. The highest BCUT2D eigenvalue weighted by molar-refractivity contribution is 5.84. The zero-order valence-corrected chi connectivity index (χ0v) is 10.1. The van der Waals surface area contributed by atoms with Crippen LogP contribution in [0.3, 0.4) is 0 Å². The van der Waals surface area contributed by atoms with Crippen LogP contribution in [-0.4, -0.2) is 59.5 Å². The Bertz CT molecular complexity index is 280. The van der Waals surface area contributed by atoms with Crippen LogP contribution in [0.4, 0.5) is 0 Å². The van der Waals surface area contributed by atoms with E-state index >= 15 is 0 Å². The summed E-state index contributed by atoms with van der Waals surface area (Å²) in [4.78, 5) is 26.0. The number of likely N-dealkylation sites (tertiary alicyclic amines) is 1. The lowest BCUT2D eigenvalue weighted by Crippen LogP contribution is -2.45. The van der Waals surface area contributed by atoms with Gasteiger partial charge in [-0.1, -0.05) is 6.92 Å². The van der Waals surface area contributed by atoms with Gasteiger partial charge in [0, 0.05) is 20.5 Å². The molecule has 0 saturated carbocycles. The third-order valence-corrected chi connectivity index (χ3v) is 3.30. The molecule has 0 aromatic rings. The van der Waals surface area contributed by atoms with Gasteiger partial charge in [-0.15, -0.1) is 0 Å². The number of nitrogens with zero attached hydrogens (tertiary/aromatic N) is 2. The predicted octanol–water partition coefficient (Wildman–Crippen LogP) is -0.306. The van der Waals surface area contributed by atoms with Gasteiger partial charge in [0.1, 0.15) is 0 Å². The summed E-state index contributed by atoms with van der Waals surface area (Å²) in [5.74, 6) is 0.124. The van der Waals surface area contributed by atoms with Crippen molar-refractivity contribution in [3.8, 4) is 0 Å². The van der Waals surface area contributed by atoms with Gasteiger partial charge in [0.25, 0.3) is 0 Å². The highest BCUT2D eigenvalue weighted by Crippen LogP contribution is 2.23. The number of hydrogen-bond donors (Lipinski definition) is 1. The van der Waals surface area contributed by atoms with Crippen molar-refractivity contribution in [1.82, 2.24) is 9.80 Å². The van der Waals surface area contributed by atoms with Gasteiger partial charge in [-0.05, 0) is 12.3 Å². The first-order chi connectivity index (χ1) is 7.47. The molecule has 1 fully saturated rings. The zero-order valence-electron chi connectivity index (χ0n) is 10.1. The van der Waals surface area contributed by atoms with Gasteiger partial charge in [0.2, 0.25) is 11.8 Å². The Balaban J connectivity index is 2.57. The summed E-state index contributed by atoms with van der Waals surface area (Å²) in [7, 11) is 1.60. The van der Waals surface area contributed by atoms with Crippen molar-refractivity contribution in [2.75, 3.05) is 26.7 Å². The van der Waals surface area contributed by atoms with Gasteiger partial charge in [-0.25, -0.2) is 0 Å². The van der Waals surface area contributed by atoms with Gasteiger partial charge in [0.15, 0.2) is 0 Å². The fourth-order valence-electron chi connectivity index (χ4n) is 2.00. The van der Waals surface area contributed by atoms with Crippen molar-refractivity contribution in [2.45, 2.75) is 26.3 Å². The monoisotopic (exact) mass is 228 g/mol. The first kappa shape index (κ1) is 13.0. The van der Waals surface area contributed by atoms with Crippen molar-refractivity contribution in [3.63, 3.8) is 0 Å². The number of rotatable bonds is 3. The number of likely N-dealkylation sites (N-methyl/N-ethyl adjacent to an activating group) is 1. The summed E-state index contributed by atoms with van der Waals surface area (Å²) in [5, 5.41) is 9.22. The molecule has 2 amide bonds. The van der Waals surface area contributed by atoms with Gasteiger partial charge in [0.05, 0.1) is 19.2 Å². The summed E-state index contributed by atoms with van der Waals surface area (Å²) < 4.78 is 0. The molecule has 5 nitrogen and oxygen atoms in total. The first-order valence-corrected chi connectivity index (χ1v) is 5.59. The Kier molecular flexibility index (Phi) is 4.29. The average molecular weight is 228 g/mol. The van der Waals surface area contributed by atoms with Gasteiger partial charge in [-0.2, -0.15) is 0 Å². The van der Waals surface area contributed by atoms with Crippen molar-refractivity contribution in [2.24, 2.45) is 5.92 Å². The van der Waals surface area contributed by atoms with Gasteiger partial charge >= 0.3 is 0 Å². The molecule has 2 atom stereocenters. The number of carbonyl (C=O) groups is 2. The molecule has 1 heterocycles. The third-order valence-electron chi connectivity index (χ3n) is 3.30. The van der Waals surface area contributed by atoms with Crippen LogP contribution in [0.25, 0.3) is 0 Å². The average Bonchev–Trinajstić information content (AvgIpc) is 2.59. The summed E-state index contributed by atoms with van der Waals surface area (Å²) in [6, 6.07) is -0.0899. The fourth-order valence-corrected chi connectivity index (χ4v) is 2.00. The topological polar surface area (TPSA) is 60.9 Å². The van der Waals surface area contributed by atoms with Crippen LogP contribution in [0, 0.1) is 5.92 Å². The van der Waals surface area contributed by atoms with Crippen LogP contribution in [0.1, 0.15) is 20.3 Å². The summed E-state index contributed by atoms with van der Waals surface area (Å²) in [5.41, 5.74) is 0. The molecular formula is C11H20N2O3. The number of aliphatic hydroxyl groups is 1. The van der Waals surface area contributed by atoms with Gasteiger partial charge < -0.3 is 14.9 Å². The molecule has 0 bridgehead atoms. The maximum atomic E-state index is 11.9. The van der Waals surface area contributed by atoms with E-state index in [2.05, 4.69) is 0 Å². The van der Waals surface area contributed by atoms with Crippen LogP contribution < -0.4 is 0 Å². The third kappa shape index (κ3) is 2.72. The number of carbonyl (C=O) groups excluding carboxylic acids is 2. The van der Waals surface area contributed by atoms with Crippen LogP contribution in [0.15, 0.2) is 0 Å². The van der Waals surface area contributed by atoms with Crippen LogP contribution in [0.5, 0.6) is 0 Å². The summed E-state index contributed by atoms with van der Waals surface area (Å²) >= 11 is 0. The first-order valence-electron chi connectivity index (χ1n) is 5.59. The van der Waals surface area contributed by atoms with E-state index in [0.717, 1.165) is 6.42 Å². The second kappa shape index (κ2) is 5.30. The molecule has 0 aliphatic carbocycles. The van der Waals surface area contributed by atoms with Crippen molar-refractivity contribution in [3.05, 3.63) is 0 Å². The van der Waals surface area contributed by atoms with E-state index in [0.29, 0.717) is 12.5 Å². The molecule has 1 aliphatic heterocycles. The number of amides is 2. The Hall–Kier alpha value is -1.10. The van der Waals surface area contributed by atoms with Crippen molar-refractivity contribution >= 4 is 11.8 Å².